The quantitative estimate of drug-likeness (QED) is 0.838. The molecule has 1 N–H and O–H groups in total. The molecule has 0 radical (unpaired) electrons. The van der Waals surface area contributed by atoms with E-state index in [9.17, 15) is 0 Å². The van der Waals surface area contributed by atoms with Crippen molar-refractivity contribution in [1.29, 1.82) is 0 Å². The predicted molar refractivity (Wildman–Crippen MR) is 85.2 cm³/mol. The van der Waals surface area contributed by atoms with E-state index in [0.717, 1.165) is 17.6 Å². The van der Waals surface area contributed by atoms with Gasteiger partial charge < -0.3 is 9.97 Å². The average molecular weight is 257 g/mol. The van der Waals surface area contributed by atoms with Crippen LogP contribution in [-0.4, -0.2) is 19.6 Å². The third kappa shape index (κ3) is 2.44. The van der Waals surface area contributed by atoms with Crippen molar-refractivity contribution >= 4 is 24.1 Å². The smallest absolute Gasteiger partial charge is 0.327 e. The Bertz CT molecular complexity index is 478. The summed E-state index contributed by atoms with van der Waals surface area (Å²) in [5, 5.41) is 3.18. The van der Waals surface area contributed by atoms with Crippen molar-refractivity contribution in [3.05, 3.63) is 30.3 Å². The zero-order valence-electron chi connectivity index (χ0n) is 12.7. The van der Waals surface area contributed by atoms with Gasteiger partial charge >= 0.3 is 6.92 Å². The van der Waals surface area contributed by atoms with Crippen LogP contribution in [0.15, 0.2) is 24.8 Å². The van der Waals surface area contributed by atoms with Crippen LogP contribution in [0, 0.1) is 5.41 Å². The van der Waals surface area contributed by atoms with Crippen LogP contribution in [0.5, 0.6) is 0 Å². The zero-order valence-corrected chi connectivity index (χ0v) is 12.7. The molecule has 0 unspecified atom stereocenters. The van der Waals surface area contributed by atoms with Gasteiger partial charge in [0, 0.05) is 12.7 Å². The molecule has 1 heterocycles. The molecule has 0 saturated carbocycles. The molecule has 1 aromatic carbocycles. The maximum Gasteiger partial charge on any atom is 0.327 e. The van der Waals surface area contributed by atoms with Gasteiger partial charge in [-0.2, -0.15) is 0 Å². The summed E-state index contributed by atoms with van der Waals surface area (Å²) < 4.78 is 6.27. The van der Waals surface area contributed by atoms with Crippen molar-refractivity contribution in [2.75, 3.05) is 12.4 Å². The van der Waals surface area contributed by atoms with Gasteiger partial charge in [0.05, 0.1) is 5.60 Å². The van der Waals surface area contributed by atoms with Crippen LogP contribution in [0.25, 0.3) is 6.08 Å². The number of nitrogens with one attached hydrogen (secondary N) is 1. The Morgan fingerprint density at radius 3 is 2.47 bits per heavy atom. The molecule has 0 atom stereocenters. The molecule has 0 aliphatic carbocycles. The minimum absolute atomic E-state index is 0.0896. The number of anilines is 1. The average Bonchev–Trinajstić information content (AvgIpc) is 2.57. The van der Waals surface area contributed by atoms with E-state index in [-0.39, 0.29) is 17.9 Å². The largest absolute Gasteiger partial charge is 0.426 e. The van der Waals surface area contributed by atoms with Gasteiger partial charge in [-0.15, -0.1) is 0 Å². The van der Waals surface area contributed by atoms with Crippen molar-refractivity contribution in [2.45, 2.75) is 39.6 Å². The summed E-state index contributed by atoms with van der Waals surface area (Å²) in [5.41, 5.74) is 3.58. The van der Waals surface area contributed by atoms with Gasteiger partial charge in [0.1, 0.15) is 0 Å². The first-order valence-electron chi connectivity index (χ1n) is 6.93. The van der Waals surface area contributed by atoms with Crippen LogP contribution in [-0.2, 0) is 4.65 Å². The van der Waals surface area contributed by atoms with Crippen molar-refractivity contribution in [3.63, 3.8) is 0 Å². The topological polar surface area (TPSA) is 21.3 Å². The summed E-state index contributed by atoms with van der Waals surface area (Å²) in [5.74, 6) is 0. The van der Waals surface area contributed by atoms with Crippen LogP contribution < -0.4 is 10.8 Å². The molecule has 1 aliphatic rings. The minimum atomic E-state index is -0.0896. The molecule has 1 aliphatic heterocycles. The molecule has 102 valence electrons. The molecule has 0 amide bonds. The second-order valence-electron chi connectivity index (χ2n) is 6.51. The Morgan fingerprint density at radius 1 is 1.32 bits per heavy atom. The molecule has 1 aromatic rings. The van der Waals surface area contributed by atoms with E-state index in [1.165, 1.54) is 5.46 Å². The van der Waals surface area contributed by atoms with Crippen LogP contribution in [0.4, 0.5) is 5.69 Å². The summed E-state index contributed by atoms with van der Waals surface area (Å²) >= 11 is 0. The second-order valence-corrected chi connectivity index (χ2v) is 6.51. The number of hydrogen-bond donors (Lipinski definition) is 1. The molecule has 0 spiro atoms. The normalized spacial score (nSPS) is 20.4. The van der Waals surface area contributed by atoms with E-state index in [1.807, 2.05) is 13.1 Å². The molecule has 0 bridgehead atoms. The van der Waals surface area contributed by atoms with Crippen molar-refractivity contribution in [1.82, 2.24) is 0 Å². The summed E-state index contributed by atoms with van der Waals surface area (Å²) in [7, 11) is 1.93. The lowest BCUT2D eigenvalue weighted by atomic mass is 9.54. The lowest BCUT2D eigenvalue weighted by molar-refractivity contribution is 0.0375. The first-order chi connectivity index (χ1) is 8.80. The second kappa shape index (κ2) is 4.71. The molecular weight excluding hydrogens is 233 g/mol. The van der Waals surface area contributed by atoms with Crippen LogP contribution >= 0.6 is 0 Å². The molecule has 2 rings (SSSR count). The molecule has 2 nitrogen and oxygen atoms in total. The lowest BCUT2D eigenvalue weighted by Gasteiger charge is -2.34. The van der Waals surface area contributed by atoms with E-state index >= 15 is 0 Å². The Hall–Kier alpha value is -1.22. The molecule has 1 saturated heterocycles. The van der Waals surface area contributed by atoms with Crippen LogP contribution in [0.1, 0.15) is 33.3 Å². The van der Waals surface area contributed by atoms with Crippen LogP contribution in [0.2, 0.25) is 6.32 Å². The number of hydrogen-bond acceptors (Lipinski definition) is 2. The zero-order chi connectivity index (χ0) is 14.3. The summed E-state index contributed by atoms with van der Waals surface area (Å²) in [6, 6.07) is 6.44. The van der Waals surface area contributed by atoms with E-state index in [2.05, 4.69) is 57.8 Å². The van der Waals surface area contributed by atoms with Gasteiger partial charge in [0.15, 0.2) is 0 Å². The van der Waals surface area contributed by atoms with Gasteiger partial charge in [0.25, 0.3) is 0 Å². The fourth-order valence-corrected chi connectivity index (χ4v) is 2.63. The predicted octanol–water partition coefficient (Wildman–Crippen LogP) is 3.40. The highest BCUT2D eigenvalue weighted by Gasteiger charge is 2.49. The lowest BCUT2D eigenvalue weighted by Crippen LogP contribution is -2.36. The third-order valence-electron chi connectivity index (χ3n) is 4.70. The van der Waals surface area contributed by atoms with Gasteiger partial charge in [-0.25, -0.2) is 0 Å². The number of rotatable bonds is 3. The monoisotopic (exact) mass is 257 g/mol. The van der Waals surface area contributed by atoms with Gasteiger partial charge in [0.2, 0.25) is 0 Å². The minimum Gasteiger partial charge on any atom is -0.426 e. The van der Waals surface area contributed by atoms with E-state index in [4.69, 9.17) is 4.65 Å². The van der Waals surface area contributed by atoms with E-state index in [1.54, 1.807) is 0 Å². The van der Waals surface area contributed by atoms with Crippen LogP contribution in [0.3, 0.4) is 0 Å². The highest BCUT2D eigenvalue weighted by atomic mass is 16.5. The summed E-state index contributed by atoms with van der Waals surface area (Å²) in [6.45, 7) is 13.0. The maximum absolute atomic E-state index is 6.27. The summed E-state index contributed by atoms with van der Waals surface area (Å²) in [4.78, 5) is 0. The Morgan fingerprint density at radius 2 is 2.00 bits per heavy atom. The summed E-state index contributed by atoms with van der Waals surface area (Å²) in [6.07, 6.45) is 2.94. The standard InChI is InChI=1S/C16H24BNO/c1-7-12-10-13(8-9-14(12)18-6)17-11-15(2,3)16(4,5)19-17/h7-10,18H,1,11H2,2-6H3. The van der Waals surface area contributed by atoms with Gasteiger partial charge in [-0.05, 0) is 42.7 Å². The highest BCUT2D eigenvalue weighted by molar-refractivity contribution is 6.68. The maximum atomic E-state index is 6.27. The van der Waals surface area contributed by atoms with E-state index < -0.39 is 0 Å². The van der Waals surface area contributed by atoms with Crippen molar-refractivity contribution in [2.24, 2.45) is 5.41 Å². The highest BCUT2D eigenvalue weighted by Crippen LogP contribution is 2.45. The Labute approximate surface area is 117 Å². The third-order valence-corrected chi connectivity index (χ3v) is 4.70. The molecule has 1 fully saturated rings. The molecule has 19 heavy (non-hydrogen) atoms. The Balaban J connectivity index is 2.32. The van der Waals surface area contributed by atoms with Crippen molar-refractivity contribution < 1.29 is 4.65 Å². The molecule has 0 aromatic heterocycles. The Kier molecular flexibility index (Phi) is 3.52. The fraction of sp³-hybridized carbons (Fsp3) is 0.500. The van der Waals surface area contributed by atoms with Gasteiger partial charge in [-0.1, -0.05) is 38.6 Å². The fourth-order valence-electron chi connectivity index (χ4n) is 2.63. The molecular formula is C16H24BNO. The number of benzene rings is 1. The van der Waals surface area contributed by atoms with Crippen molar-refractivity contribution in [3.8, 4) is 0 Å². The SMILES string of the molecule is C=Cc1cc(B2CC(C)(C)C(C)(C)O2)ccc1NC. The van der Waals surface area contributed by atoms with Gasteiger partial charge in [-0.3, -0.25) is 0 Å². The first-order valence-corrected chi connectivity index (χ1v) is 6.93. The first kappa shape index (κ1) is 14.2. The van der Waals surface area contributed by atoms with E-state index in [0.29, 0.717) is 0 Å². The molecule has 3 heteroatoms.